The summed E-state index contributed by atoms with van der Waals surface area (Å²) >= 11 is 6.67. The number of benzene rings is 1. The summed E-state index contributed by atoms with van der Waals surface area (Å²) in [5.41, 5.74) is 0.828. The zero-order chi connectivity index (χ0) is 14.2. The summed E-state index contributed by atoms with van der Waals surface area (Å²) in [4.78, 5) is 24.6. The molecule has 0 radical (unpaired) electrons. The highest BCUT2D eigenvalue weighted by atomic mass is 79.9. The van der Waals surface area contributed by atoms with Crippen molar-refractivity contribution in [3.05, 3.63) is 39.3 Å². The molecule has 1 aliphatic heterocycles. The first-order valence-electron chi connectivity index (χ1n) is 5.59. The molecule has 0 aliphatic carbocycles. The molecule has 1 atom stereocenters. The maximum atomic E-state index is 12.0. The van der Waals surface area contributed by atoms with E-state index in [4.69, 9.17) is 5.11 Å². The molecule has 1 amide bonds. The standard InChI is InChI=1S/C13H11Br2NO3/c1-2-7-3-11(17)16(6-7)12-9(14)4-8(13(18)19)5-10(12)15/h2,4-5,7H,1,3,6H2,(H,18,19). The number of nitrogens with zero attached hydrogens (tertiary/aromatic N) is 1. The summed E-state index contributed by atoms with van der Waals surface area (Å²) in [6.45, 7) is 4.27. The van der Waals surface area contributed by atoms with Crippen LogP contribution in [0, 0.1) is 5.92 Å². The van der Waals surface area contributed by atoms with Gasteiger partial charge in [0.15, 0.2) is 0 Å². The Morgan fingerprint density at radius 3 is 2.42 bits per heavy atom. The molecule has 1 aliphatic rings. The fraction of sp³-hybridized carbons (Fsp3) is 0.231. The van der Waals surface area contributed by atoms with Crippen molar-refractivity contribution in [3.8, 4) is 0 Å². The van der Waals surface area contributed by atoms with Crippen molar-refractivity contribution in [2.45, 2.75) is 6.42 Å². The molecule has 1 N–H and O–H groups in total. The Balaban J connectivity index is 2.43. The summed E-state index contributed by atoms with van der Waals surface area (Å²) in [7, 11) is 0. The number of carbonyl (C=O) groups is 2. The molecule has 1 heterocycles. The average molecular weight is 389 g/mol. The average Bonchev–Trinajstić information content (AvgIpc) is 2.70. The summed E-state index contributed by atoms with van der Waals surface area (Å²) < 4.78 is 1.16. The van der Waals surface area contributed by atoms with Crippen LogP contribution in [0.2, 0.25) is 0 Å². The van der Waals surface area contributed by atoms with Crippen LogP contribution in [0.1, 0.15) is 16.8 Å². The minimum absolute atomic E-state index is 0.00868. The van der Waals surface area contributed by atoms with Gasteiger partial charge in [0.2, 0.25) is 5.91 Å². The molecule has 19 heavy (non-hydrogen) atoms. The Morgan fingerprint density at radius 2 is 2.00 bits per heavy atom. The second kappa shape index (κ2) is 5.46. The molecule has 0 bridgehead atoms. The van der Waals surface area contributed by atoms with Crippen LogP contribution in [-0.4, -0.2) is 23.5 Å². The minimum atomic E-state index is -1.01. The van der Waals surface area contributed by atoms with Crippen LogP contribution >= 0.6 is 31.9 Å². The molecule has 0 spiro atoms. The Bertz CT molecular complexity index is 548. The second-order valence-corrected chi connectivity index (χ2v) is 6.01. The third-order valence-corrected chi connectivity index (χ3v) is 4.23. The van der Waals surface area contributed by atoms with E-state index in [0.29, 0.717) is 27.6 Å². The number of rotatable bonds is 3. The lowest BCUT2D eigenvalue weighted by Gasteiger charge is -2.20. The van der Waals surface area contributed by atoms with E-state index in [9.17, 15) is 9.59 Å². The van der Waals surface area contributed by atoms with E-state index in [2.05, 4.69) is 38.4 Å². The van der Waals surface area contributed by atoms with Crippen molar-refractivity contribution >= 4 is 49.4 Å². The molecule has 1 unspecified atom stereocenters. The molecule has 100 valence electrons. The third-order valence-electron chi connectivity index (χ3n) is 3.02. The summed E-state index contributed by atoms with van der Waals surface area (Å²) in [5, 5.41) is 8.99. The highest BCUT2D eigenvalue weighted by molar-refractivity contribution is 9.11. The third kappa shape index (κ3) is 2.74. The maximum Gasteiger partial charge on any atom is 0.335 e. The smallest absolute Gasteiger partial charge is 0.335 e. The number of carbonyl (C=O) groups excluding carboxylic acids is 1. The van der Waals surface area contributed by atoms with Crippen LogP contribution in [0.5, 0.6) is 0 Å². The van der Waals surface area contributed by atoms with Crippen molar-refractivity contribution in [1.29, 1.82) is 0 Å². The number of carboxylic acids is 1. The number of amides is 1. The SMILES string of the molecule is C=CC1CC(=O)N(c2c(Br)cc(C(=O)O)cc2Br)C1. The van der Waals surface area contributed by atoms with Gasteiger partial charge in [-0.1, -0.05) is 6.08 Å². The number of anilines is 1. The molecule has 1 saturated heterocycles. The predicted molar refractivity (Wildman–Crippen MR) is 79.5 cm³/mol. The Kier molecular flexibility index (Phi) is 4.10. The topological polar surface area (TPSA) is 57.6 Å². The van der Waals surface area contributed by atoms with Gasteiger partial charge in [0.05, 0.1) is 11.3 Å². The maximum absolute atomic E-state index is 12.0. The lowest BCUT2D eigenvalue weighted by molar-refractivity contribution is -0.117. The summed E-state index contributed by atoms with van der Waals surface area (Å²) in [5.74, 6) is -0.871. The highest BCUT2D eigenvalue weighted by Crippen LogP contribution is 2.38. The lowest BCUT2D eigenvalue weighted by atomic mass is 10.1. The van der Waals surface area contributed by atoms with Gasteiger partial charge in [0, 0.05) is 27.8 Å². The van der Waals surface area contributed by atoms with E-state index in [1.807, 2.05) is 0 Å². The van der Waals surface area contributed by atoms with E-state index >= 15 is 0 Å². The van der Waals surface area contributed by atoms with Gasteiger partial charge in [-0.2, -0.15) is 0 Å². The molecule has 0 saturated carbocycles. The number of carboxylic acid groups (broad SMARTS) is 1. The fourth-order valence-electron chi connectivity index (χ4n) is 2.06. The van der Waals surface area contributed by atoms with Crippen LogP contribution in [0.15, 0.2) is 33.7 Å². The number of hydrogen-bond donors (Lipinski definition) is 1. The fourth-order valence-corrected chi connectivity index (χ4v) is 3.67. The van der Waals surface area contributed by atoms with E-state index in [-0.39, 0.29) is 17.4 Å². The van der Waals surface area contributed by atoms with Crippen molar-refractivity contribution in [2.75, 3.05) is 11.4 Å². The summed E-state index contributed by atoms with van der Waals surface area (Å²) in [6.07, 6.45) is 2.20. The van der Waals surface area contributed by atoms with Gasteiger partial charge >= 0.3 is 5.97 Å². The van der Waals surface area contributed by atoms with Crippen LogP contribution in [0.25, 0.3) is 0 Å². The Morgan fingerprint density at radius 1 is 1.42 bits per heavy atom. The molecule has 4 nitrogen and oxygen atoms in total. The first-order chi connectivity index (χ1) is 8.93. The van der Waals surface area contributed by atoms with E-state index in [1.165, 1.54) is 12.1 Å². The van der Waals surface area contributed by atoms with Crippen LogP contribution < -0.4 is 4.90 Å². The van der Waals surface area contributed by atoms with E-state index in [0.717, 1.165) is 0 Å². The molecular formula is C13H11Br2NO3. The quantitative estimate of drug-likeness (QED) is 0.806. The van der Waals surface area contributed by atoms with Gasteiger partial charge in [-0.15, -0.1) is 6.58 Å². The number of halogens is 2. The van der Waals surface area contributed by atoms with Crippen molar-refractivity contribution in [3.63, 3.8) is 0 Å². The molecule has 6 heteroatoms. The van der Waals surface area contributed by atoms with Gasteiger partial charge in [-0.3, -0.25) is 4.79 Å². The van der Waals surface area contributed by atoms with Crippen LogP contribution in [-0.2, 0) is 4.79 Å². The lowest BCUT2D eigenvalue weighted by Crippen LogP contribution is -2.25. The second-order valence-electron chi connectivity index (χ2n) is 4.30. The van der Waals surface area contributed by atoms with Crippen molar-refractivity contribution in [2.24, 2.45) is 5.92 Å². The largest absolute Gasteiger partial charge is 0.478 e. The van der Waals surface area contributed by atoms with Crippen LogP contribution in [0.4, 0.5) is 5.69 Å². The van der Waals surface area contributed by atoms with Gasteiger partial charge in [0.25, 0.3) is 0 Å². The van der Waals surface area contributed by atoms with Gasteiger partial charge in [-0.05, 0) is 44.0 Å². The van der Waals surface area contributed by atoms with Gasteiger partial charge in [-0.25, -0.2) is 4.79 Å². The first kappa shape index (κ1) is 14.3. The zero-order valence-electron chi connectivity index (χ0n) is 9.90. The summed E-state index contributed by atoms with van der Waals surface area (Å²) in [6, 6.07) is 2.99. The molecule has 1 aromatic carbocycles. The molecule has 2 rings (SSSR count). The molecular weight excluding hydrogens is 378 g/mol. The van der Waals surface area contributed by atoms with Crippen LogP contribution in [0.3, 0.4) is 0 Å². The molecule has 1 fully saturated rings. The monoisotopic (exact) mass is 387 g/mol. The Labute approximate surface area is 127 Å². The normalized spacial score (nSPS) is 18.7. The number of hydrogen-bond acceptors (Lipinski definition) is 2. The Hall–Kier alpha value is -1.14. The molecule has 0 aromatic heterocycles. The van der Waals surface area contributed by atoms with Crippen molar-refractivity contribution in [1.82, 2.24) is 0 Å². The van der Waals surface area contributed by atoms with Gasteiger partial charge < -0.3 is 10.0 Å². The minimum Gasteiger partial charge on any atom is -0.478 e. The zero-order valence-corrected chi connectivity index (χ0v) is 13.1. The van der Waals surface area contributed by atoms with E-state index < -0.39 is 5.97 Å². The highest BCUT2D eigenvalue weighted by Gasteiger charge is 2.31. The number of aromatic carboxylic acids is 1. The molecule has 1 aromatic rings. The van der Waals surface area contributed by atoms with E-state index in [1.54, 1.807) is 11.0 Å². The van der Waals surface area contributed by atoms with Crippen molar-refractivity contribution < 1.29 is 14.7 Å². The van der Waals surface area contributed by atoms with Gasteiger partial charge in [0.1, 0.15) is 0 Å². The first-order valence-corrected chi connectivity index (χ1v) is 7.18. The predicted octanol–water partition coefficient (Wildman–Crippen LogP) is 3.45.